The van der Waals surface area contributed by atoms with Crippen LogP contribution in [0.25, 0.3) is 10.8 Å². The van der Waals surface area contributed by atoms with Crippen molar-refractivity contribution in [3.8, 4) is 0 Å². The minimum absolute atomic E-state index is 0.0337. The number of carbonyl (C=O) groups excluding carboxylic acids is 4. The van der Waals surface area contributed by atoms with Crippen molar-refractivity contribution in [2.24, 2.45) is 11.8 Å². The SMILES string of the molecule is CCCCC(CC)CN1C(=O)c2c(Cl)c(Cl)c3c4c(c(Cl)c(Cl)c(c24)C1=O)C(=O)N(CC(CC)CCCC)C3=O. The third kappa shape index (κ3) is 5.04. The number of hydrogen-bond acceptors (Lipinski definition) is 4. The molecule has 2 aromatic carbocycles. The van der Waals surface area contributed by atoms with Crippen LogP contribution in [0.1, 0.15) is 120 Å². The summed E-state index contributed by atoms with van der Waals surface area (Å²) in [5.74, 6) is -2.32. The minimum Gasteiger partial charge on any atom is -0.274 e. The van der Waals surface area contributed by atoms with Crippen LogP contribution in [0.5, 0.6) is 0 Å². The van der Waals surface area contributed by atoms with Crippen LogP contribution in [0.15, 0.2) is 0 Å². The van der Waals surface area contributed by atoms with E-state index in [1.54, 1.807) is 0 Å². The van der Waals surface area contributed by atoms with Gasteiger partial charge in [-0.15, -0.1) is 0 Å². The zero-order valence-corrected chi connectivity index (χ0v) is 26.3. The lowest BCUT2D eigenvalue weighted by Crippen LogP contribution is -2.46. The van der Waals surface area contributed by atoms with Crippen LogP contribution in [0.4, 0.5) is 0 Å². The maximum atomic E-state index is 13.9. The van der Waals surface area contributed by atoms with E-state index < -0.39 is 23.6 Å². The summed E-state index contributed by atoms with van der Waals surface area (Å²) in [4.78, 5) is 57.7. The Balaban J connectivity index is 1.93. The highest BCUT2D eigenvalue weighted by atomic mass is 35.5. The second-order valence-electron chi connectivity index (χ2n) is 10.8. The maximum absolute atomic E-state index is 13.9. The molecule has 0 N–H and O–H groups in total. The van der Waals surface area contributed by atoms with Crippen LogP contribution in [0.3, 0.4) is 0 Å². The normalized spacial score (nSPS) is 16.4. The molecule has 2 atom stereocenters. The molecule has 0 saturated carbocycles. The summed E-state index contributed by atoms with van der Waals surface area (Å²) in [5.41, 5.74) is -0.135. The van der Waals surface area contributed by atoms with Gasteiger partial charge in [0.1, 0.15) is 0 Å². The Bertz CT molecular complexity index is 1220. The van der Waals surface area contributed by atoms with E-state index in [4.69, 9.17) is 46.4 Å². The Hall–Kier alpha value is -1.86. The molecule has 0 aromatic heterocycles. The quantitative estimate of drug-likeness (QED) is 0.220. The molecule has 216 valence electrons. The van der Waals surface area contributed by atoms with E-state index in [0.29, 0.717) is 0 Å². The zero-order valence-electron chi connectivity index (χ0n) is 23.3. The van der Waals surface area contributed by atoms with Crippen molar-refractivity contribution in [1.82, 2.24) is 9.80 Å². The Morgan fingerprint density at radius 3 is 1.02 bits per heavy atom. The first-order chi connectivity index (χ1) is 19.0. The summed E-state index contributed by atoms with van der Waals surface area (Å²) in [5, 5.41) is -0.416. The molecular formula is C30H34Cl4N2O4. The third-order valence-electron chi connectivity index (χ3n) is 8.32. The van der Waals surface area contributed by atoms with Crippen molar-refractivity contribution in [3.05, 3.63) is 42.3 Å². The molecule has 10 heteroatoms. The fourth-order valence-corrected chi connectivity index (χ4v) is 6.92. The minimum atomic E-state index is -0.622. The highest BCUT2D eigenvalue weighted by Crippen LogP contribution is 2.50. The number of amides is 4. The number of halogens is 4. The van der Waals surface area contributed by atoms with Gasteiger partial charge >= 0.3 is 0 Å². The Morgan fingerprint density at radius 1 is 0.525 bits per heavy atom. The first kappa shape index (κ1) is 31.1. The zero-order chi connectivity index (χ0) is 29.5. The second-order valence-corrected chi connectivity index (χ2v) is 12.3. The van der Waals surface area contributed by atoms with Crippen LogP contribution in [0, 0.1) is 11.8 Å². The van der Waals surface area contributed by atoms with Crippen molar-refractivity contribution in [2.75, 3.05) is 13.1 Å². The lowest BCUT2D eigenvalue weighted by molar-refractivity contribution is 0.0559. The van der Waals surface area contributed by atoms with Crippen LogP contribution in [-0.4, -0.2) is 46.5 Å². The molecule has 40 heavy (non-hydrogen) atoms. The van der Waals surface area contributed by atoms with Gasteiger partial charge in [0.15, 0.2) is 0 Å². The molecule has 4 rings (SSSR count). The summed E-state index contributed by atoms with van der Waals surface area (Å²) in [6.45, 7) is 8.56. The molecule has 2 heterocycles. The Morgan fingerprint density at radius 2 is 0.800 bits per heavy atom. The molecular weight excluding hydrogens is 594 g/mol. The molecule has 6 nitrogen and oxygen atoms in total. The fraction of sp³-hybridized carbons (Fsp3) is 0.533. The number of rotatable bonds is 12. The van der Waals surface area contributed by atoms with Gasteiger partial charge in [0.05, 0.1) is 42.3 Å². The molecule has 2 aliphatic heterocycles. The standard InChI is InChI=1S/C30H34Cl4N2O4/c1-5-9-11-15(7-3)13-35-27(37)19-17-18-21(25(33)23(19)31)29(39)36(14-16(8-4)12-10-6-2)30(40)22(18)26(34)24(32)20(17)28(35)38/h15-16H,5-14H2,1-4H3. The van der Waals surface area contributed by atoms with Gasteiger partial charge in [-0.2, -0.15) is 0 Å². The predicted molar refractivity (Wildman–Crippen MR) is 161 cm³/mol. The van der Waals surface area contributed by atoms with Crippen molar-refractivity contribution in [3.63, 3.8) is 0 Å². The van der Waals surface area contributed by atoms with E-state index in [0.717, 1.165) is 61.2 Å². The summed E-state index contributed by atoms with van der Waals surface area (Å²) < 4.78 is 0. The Labute approximate surface area is 255 Å². The number of imide groups is 2. The highest BCUT2D eigenvalue weighted by Gasteiger charge is 2.46. The summed E-state index contributed by atoms with van der Waals surface area (Å²) in [7, 11) is 0. The smallest absolute Gasteiger partial charge is 0.262 e. The second kappa shape index (κ2) is 12.6. The van der Waals surface area contributed by atoms with Gasteiger partial charge in [0.25, 0.3) is 23.6 Å². The average Bonchev–Trinajstić information content (AvgIpc) is 2.93. The first-order valence-corrected chi connectivity index (χ1v) is 15.6. The fourth-order valence-electron chi connectivity index (χ4n) is 5.84. The van der Waals surface area contributed by atoms with Crippen molar-refractivity contribution in [1.29, 1.82) is 0 Å². The van der Waals surface area contributed by atoms with E-state index in [1.807, 2.05) is 13.8 Å². The van der Waals surface area contributed by atoms with Crippen molar-refractivity contribution >= 4 is 80.8 Å². The van der Waals surface area contributed by atoms with Crippen LogP contribution >= 0.6 is 46.4 Å². The number of unbranched alkanes of at least 4 members (excludes halogenated alkanes) is 2. The molecule has 4 amide bonds. The third-order valence-corrected chi connectivity index (χ3v) is 10.0. The molecule has 0 fully saturated rings. The number of carbonyl (C=O) groups is 4. The van der Waals surface area contributed by atoms with E-state index >= 15 is 0 Å². The first-order valence-electron chi connectivity index (χ1n) is 14.1. The molecule has 2 unspecified atom stereocenters. The summed E-state index contributed by atoms with van der Waals surface area (Å²) >= 11 is 26.9. The molecule has 0 spiro atoms. The number of nitrogens with zero attached hydrogens (tertiary/aromatic N) is 2. The predicted octanol–water partition coefficient (Wildman–Crippen LogP) is 9.08. The van der Waals surface area contributed by atoms with Crippen molar-refractivity contribution in [2.45, 2.75) is 79.1 Å². The molecule has 0 aliphatic carbocycles. The van der Waals surface area contributed by atoms with Gasteiger partial charge in [0, 0.05) is 23.9 Å². The Kier molecular flexibility index (Phi) is 9.76. The molecule has 0 bridgehead atoms. The van der Waals surface area contributed by atoms with Gasteiger partial charge < -0.3 is 0 Å². The molecule has 0 saturated heterocycles. The molecule has 0 radical (unpaired) electrons. The lowest BCUT2D eigenvalue weighted by Gasteiger charge is -2.36. The molecule has 2 aliphatic rings. The van der Waals surface area contributed by atoms with E-state index in [1.165, 1.54) is 0 Å². The summed E-state index contributed by atoms with van der Waals surface area (Å²) in [6, 6.07) is 0. The van der Waals surface area contributed by atoms with Crippen LogP contribution in [-0.2, 0) is 0 Å². The van der Waals surface area contributed by atoms with Crippen LogP contribution < -0.4 is 0 Å². The number of hydrogen-bond donors (Lipinski definition) is 0. The van der Waals surface area contributed by atoms with E-state index in [2.05, 4.69) is 13.8 Å². The largest absolute Gasteiger partial charge is 0.274 e. The van der Waals surface area contributed by atoms with Gasteiger partial charge in [-0.3, -0.25) is 29.0 Å². The van der Waals surface area contributed by atoms with E-state index in [-0.39, 0.29) is 78.0 Å². The lowest BCUT2D eigenvalue weighted by atomic mass is 9.84. The number of benzene rings is 2. The van der Waals surface area contributed by atoms with Gasteiger partial charge in [-0.1, -0.05) is 113 Å². The summed E-state index contributed by atoms with van der Waals surface area (Å²) in [6.07, 6.45) is 7.16. The van der Waals surface area contributed by atoms with Gasteiger partial charge in [0.2, 0.25) is 0 Å². The van der Waals surface area contributed by atoms with Gasteiger partial charge in [-0.05, 0) is 24.7 Å². The van der Waals surface area contributed by atoms with E-state index in [9.17, 15) is 19.2 Å². The van der Waals surface area contributed by atoms with Crippen molar-refractivity contribution < 1.29 is 19.2 Å². The molecule has 2 aromatic rings. The monoisotopic (exact) mass is 626 g/mol. The maximum Gasteiger partial charge on any atom is 0.262 e. The van der Waals surface area contributed by atoms with Crippen LogP contribution in [0.2, 0.25) is 20.1 Å². The topological polar surface area (TPSA) is 74.8 Å². The van der Waals surface area contributed by atoms with Gasteiger partial charge in [-0.25, -0.2) is 0 Å². The highest BCUT2D eigenvalue weighted by molar-refractivity contribution is 6.54. The average molecular weight is 628 g/mol.